The van der Waals surface area contributed by atoms with Crippen LogP contribution in [0.5, 0.6) is 0 Å². The molecule has 0 aliphatic rings. The predicted octanol–water partition coefficient (Wildman–Crippen LogP) is 1.03. The summed E-state index contributed by atoms with van der Waals surface area (Å²) < 4.78 is 4.98. The number of aliphatic hydroxyl groups is 1. The standard InChI is InChI=1S/C9H16O4/c1-3-5-11-7-9(10)8-13-12-6-4-2/h3-4,6,9-10H,1,5,7-8H2,2H3/b6-4+. The molecule has 0 heterocycles. The summed E-state index contributed by atoms with van der Waals surface area (Å²) in [6.45, 7) is 5.99. The van der Waals surface area contributed by atoms with Gasteiger partial charge in [-0.25, -0.2) is 0 Å². The molecule has 0 rings (SSSR count). The molecule has 13 heavy (non-hydrogen) atoms. The van der Waals surface area contributed by atoms with E-state index in [-0.39, 0.29) is 13.2 Å². The molecule has 0 aromatic carbocycles. The lowest BCUT2D eigenvalue weighted by Crippen LogP contribution is -2.21. The number of ether oxygens (including phenoxy) is 1. The zero-order chi connectivity index (χ0) is 9.94. The van der Waals surface area contributed by atoms with Gasteiger partial charge in [0.25, 0.3) is 0 Å². The lowest BCUT2D eigenvalue weighted by molar-refractivity contribution is -0.264. The first-order chi connectivity index (χ1) is 6.31. The number of aliphatic hydroxyl groups excluding tert-OH is 1. The largest absolute Gasteiger partial charge is 0.388 e. The van der Waals surface area contributed by atoms with E-state index in [9.17, 15) is 5.11 Å². The Hall–Kier alpha value is -0.840. The Kier molecular flexibility index (Phi) is 8.65. The molecule has 76 valence electrons. The third kappa shape index (κ3) is 9.07. The molecular formula is C9H16O4. The van der Waals surface area contributed by atoms with Crippen molar-refractivity contribution >= 4 is 0 Å². The molecule has 0 aromatic heterocycles. The fraction of sp³-hybridized carbons (Fsp3) is 0.556. The van der Waals surface area contributed by atoms with E-state index in [1.165, 1.54) is 6.26 Å². The molecule has 4 nitrogen and oxygen atoms in total. The maximum Gasteiger partial charge on any atom is 0.125 e. The summed E-state index contributed by atoms with van der Waals surface area (Å²) in [6.07, 6.45) is 4.01. The van der Waals surface area contributed by atoms with Crippen LogP contribution in [-0.4, -0.2) is 31.0 Å². The van der Waals surface area contributed by atoms with Crippen molar-refractivity contribution in [2.75, 3.05) is 19.8 Å². The Morgan fingerprint density at radius 2 is 2.23 bits per heavy atom. The van der Waals surface area contributed by atoms with Crippen molar-refractivity contribution in [3.8, 4) is 0 Å². The van der Waals surface area contributed by atoms with Gasteiger partial charge in [0.1, 0.15) is 19.0 Å². The van der Waals surface area contributed by atoms with E-state index in [4.69, 9.17) is 4.74 Å². The van der Waals surface area contributed by atoms with Gasteiger partial charge >= 0.3 is 0 Å². The van der Waals surface area contributed by atoms with E-state index in [0.717, 1.165) is 0 Å². The first-order valence-electron chi connectivity index (χ1n) is 4.07. The average molecular weight is 188 g/mol. The molecule has 0 aliphatic heterocycles. The van der Waals surface area contributed by atoms with Crippen molar-refractivity contribution < 1.29 is 19.6 Å². The van der Waals surface area contributed by atoms with Crippen LogP contribution in [0.2, 0.25) is 0 Å². The van der Waals surface area contributed by atoms with Crippen LogP contribution in [0.3, 0.4) is 0 Å². The van der Waals surface area contributed by atoms with Crippen LogP contribution in [0.25, 0.3) is 0 Å². The van der Waals surface area contributed by atoms with Gasteiger partial charge in [0, 0.05) is 0 Å². The third-order valence-electron chi connectivity index (χ3n) is 1.07. The normalized spacial score (nSPS) is 13.1. The number of hydrogen-bond donors (Lipinski definition) is 1. The summed E-state index contributed by atoms with van der Waals surface area (Å²) in [6, 6.07) is 0. The van der Waals surface area contributed by atoms with Crippen LogP contribution in [0.4, 0.5) is 0 Å². The molecule has 0 saturated heterocycles. The van der Waals surface area contributed by atoms with E-state index in [1.807, 2.05) is 0 Å². The average Bonchev–Trinajstić information content (AvgIpc) is 2.13. The Morgan fingerprint density at radius 1 is 1.46 bits per heavy atom. The minimum absolute atomic E-state index is 0.0848. The Labute approximate surface area is 78.3 Å². The quantitative estimate of drug-likeness (QED) is 0.203. The highest BCUT2D eigenvalue weighted by atomic mass is 17.2. The van der Waals surface area contributed by atoms with Crippen molar-refractivity contribution in [2.45, 2.75) is 13.0 Å². The monoisotopic (exact) mass is 188 g/mol. The second-order valence-corrected chi connectivity index (χ2v) is 2.33. The molecule has 1 atom stereocenters. The lowest BCUT2D eigenvalue weighted by atomic mass is 10.4. The summed E-state index contributed by atoms with van der Waals surface area (Å²) >= 11 is 0. The smallest absolute Gasteiger partial charge is 0.125 e. The first kappa shape index (κ1) is 12.2. The van der Waals surface area contributed by atoms with Crippen LogP contribution in [-0.2, 0) is 14.5 Å². The van der Waals surface area contributed by atoms with E-state index in [0.29, 0.717) is 6.61 Å². The number of rotatable bonds is 8. The van der Waals surface area contributed by atoms with Gasteiger partial charge in [0.2, 0.25) is 0 Å². The summed E-state index contributed by atoms with van der Waals surface area (Å²) in [7, 11) is 0. The molecule has 0 fully saturated rings. The van der Waals surface area contributed by atoms with Gasteiger partial charge in [-0.1, -0.05) is 6.08 Å². The third-order valence-corrected chi connectivity index (χ3v) is 1.07. The molecule has 0 bridgehead atoms. The molecule has 0 aromatic rings. The Morgan fingerprint density at radius 3 is 2.85 bits per heavy atom. The number of hydrogen-bond acceptors (Lipinski definition) is 4. The van der Waals surface area contributed by atoms with Gasteiger partial charge in [0.05, 0.1) is 13.2 Å². The molecule has 0 amide bonds. The molecule has 0 saturated carbocycles. The van der Waals surface area contributed by atoms with Gasteiger partial charge in [-0.15, -0.1) is 6.58 Å². The van der Waals surface area contributed by atoms with E-state index in [2.05, 4.69) is 16.4 Å². The molecule has 0 aliphatic carbocycles. The summed E-state index contributed by atoms with van der Waals surface area (Å²) in [4.78, 5) is 9.17. The second-order valence-electron chi connectivity index (χ2n) is 2.33. The van der Waals surface area contributed by atoms with Crippen molar-refractivity contribution in [1.29, 1.82) is 0 Å². The minimum atomic E-state index is -0.676. The molecule has 1 N–H and O–H groups in total. The van der Waals surface area contributed by atoms with Crippen LogP contribution >= 0.6 is 0 Å². The summed E-state index contributed by atoms with van der Waals surface area (Å²) in [5.41, 5.74) is 0. The van der Waals surface area contributed by atoms with Crippen LogP contribution in [0.15, 0.2) is 25.0 Å². The van der Waals surface area contributed by atoms with Crippen molar-refractivity contribution in [2.24, 2.45) is 0 Å². The summed E-state index contributed by atoms with van der Waals surface area (Å²) in [5, 5.41) is 9.19. The predicted molar refractivity (Wildman–Crippen MR) is 48.9 cm³/mol. The van der Waals surface area contributed by atoms with Gasteiger partial charge < -0.3 is 14.7 Å². The molecule has 0 radical (unpaired) electrons. The maximum absolute atomic E-state index is 9.19. The second kappa shape index (κ2) is 9.25. The zero-order valence-corrected chi connectivity index (χ0v) is 7.81. The lowest BCUT2D eigenvalue weighted by Gasteiger charge is -2.08. The van der Waals surface area contributed by atoms with Crippen LogP contribution < -0.4 is 0 Å². The zero-order valence-electron chi connectivity index (χ0n) is 7.81. The SMILES string of the molecule is C=CCOCC(O)COO/C=C/C. The Balaban J connectivity index is 3.19. The molecule has 1 unspecified atom stereocenters. The van der Waals surface area contributed by atoms with E-state index >= 15 is 0 Å². The fourth-order valence-corrected chi connectivity index (χ4v) is 0.548. The highest BCUT2D eigenvalue weighted by Crippen LogP contribution is 1.89. The Bertz CT molecular complexity index is 145. The first-order valence-corrected chi connectivity index (χ1v) is 4.07. The van der Waals surface area contributed by atoms with Crippen molar-refractivity contribution in [3.05, 3.63) is 25.0 Å². The van der Waals surface area contributed by atoms with Gasteiger partial charge in [-0.3, -0.25) is 0 Å². The molecular weight excluding hydrogens is 172 g/mol. The van der Waals surface area contributed by atoms with Gasteiger partial charge in [0.15, 0.2) is 0 Å². The van der Waals surface area contributed by atoms with Crippen molar-refractivity contribution in [3.63, 3.8) is 0 Å². The highest BCUT2D eigenvalue weighted by molar-refractivity contribution is 4.65. The van der Waals surface area contributed by atoms with E-state index < -0.39 is 6.10 Å². The molecule has 0 spiro atoms. The minimum Gasteiger partial charge on any atom is -0.388 e. The van der Waals surface area contributed by atoms with Gasteiger partial charge in [-0.2, -0.15) is 4.89 Å². The number of allylic oxidation sites excluding steroid dienone is 1. The topological polar surface area (TPSA) is 47.9 Å². The van der Waals surface area contributed by atoms with Crippen molar-refractivity contribution in [1.82, 2.24) is 0 Å². The summed E-state index contributed by atoms with van der Waals surface area (Å²) in [5.74, 6) is 0. The maximum atomic E-state index is 9.19. The highest BCUT2D eigenvalue weighted by Gasteiger charge is 2.03. The van der Waals surface area contributed by atoms with Crippen LogP contribution in [0.1, 0.15) is 6.92 Å². The van der Waals surface area contributed by atoms with E-state index in [1.54, 1.807) is 19.1 Å². The fourth-order valence-electron chi connectivity index (χ4n) is 0.548. The van der Waals surface area contributed by atoms with Crippen LogP contribution in [0, 0.1) is 0 Å². The molecule has 4 heteroatoms. The van der Waals surface area contributed by atoms with Gasteiger partial charge in [-0.05, 0) is 13.0 Å².